The SMILES string of the molecule is CCCCOC(OCCCC)C1CCN(c2cc(OC)c(CC(CC)CC)cc2F)CC1. The van der Waals surface area contributed by atoms with E-state index in [-0.39, 0.29) is 12.1 Å². The summed E-state index contributed by atoms with van der Waals surface area (Å²) in [6, 6.07) is 3.60. The van der Waals surface area contributed by atoms with Gasteiger partial charge in [0.15, 0.2) is 6.29 Å². The van der Waals surface area contributed by atoms with Crippen LogP contribution in [-0.4, -0.2) is 39.7 Å². The van der Waals surface area contributed by atoms with Crippen molar-refractivity contribution in [3.05, 3.63) is 23.5 Å². The minimum Gasteiger partial charge on any atom is -0.496 e. The third-order valence-electron chi connectivity index (χ3n) is 6.84. The summed E-state index contributed by atoms with van der Waals surface area (Å²) < 4.78 is 33.0. The van der Waals surface area contributed by atoms with E-state index in [9.17, 15) is 0 Å². The smallest absolute Gasteiger partial charge is 0.160 e. The molecule has 2 rings (SSSR count). The van der Waals surface area contributed by atoms with Crippen LogP contribution in [0.3, 0.4) is 0 Å². The van der Waals surface area contributed by atoms with Gasteiger partial charge in [-0.15, -0.1) is 0 Å². The predicted molar refractivity (Wildman–Crippen MR) is 131 cm³/mol. The second-order valence-electron chi connectivity index (χ2n) is 9.14. The molecular formula is C27H46FNO3. The van der Waals surface area contributed by atoms with Crippen molar-refractivity contribution >= 4 is 5.69 Å². The standard InChI is InChI=1S/C27H46FNO3/c1-6-10-16-31-27(32-17-11-7-2)22-12-14-29(15-13-22)25-20-26(30-5)23(19-24(25)28)18-21(8-3)9-4/h19-22,27H,6-18H2,1-5H3. The van der Waals surface area contributed by atoms with Crippen LogP contribution in [0.25, 0.3) is 0 Å². The molecule has 32 heavy (non-hydrogen) atoms. The molecule has 1 fully saturated rings. The number of piperidine rings is 1. The molecule has 0 unspecified atom stereocenters. The Morgan fingerprint density at radius 1 is 0.969 bits per heavy atom. The molecule has 1 heterocycles. The molecule has 1 aromatic carbocycles. The van der Waals surface area contributed by atoms with Crippen LogP contribution in [-0.2, 0) is 15.9 Å². The summed E-state index contributed by atoms with van der Waals surface area (Å²) in [5.41, 5.74) is 1.63. The van der Waals surface area contributed by atoms with Crippen molar-refractivity contribution in [3.63, 3.8) is 0 Å². The Balaban J connectivity index is 2.03. The van der Waals surface area contributed by atoms with E-state index in [0.29, 0.717) is 17.5 Å². The number of methoxy groups -OCH3 is 1. The first-order valence-corrected chi connectivity index (χ1v) is 12.9. The summed E-state index contributed by atoms with van der Waals surface area (Å²) in [5.74, 6) is 1.58. The Kier molecular flexibility index (Phi) is 12.4. The second kappa shape index (κ2) is 14.7. The zero-order valence-electron chi connectivity index (χ0n) is 21.1. The first-order valence-electron chi connectivity index (χ1n) is 12.9. The molecule has 1 aliphatic rings. The average molecular weight is 452 g/mol. The van der Waals surface area contributed by atoms with Gasteiger partial charge < -0.3 is 19.1 Å². The van der Waals surface area contributed by atoms with Crippen molar-refractivity contribution in [2.75, 3.05) is 38.3 Å². The molecule has 0 aromatic heterocycles. The van der Waals surface area contributed by atoms with E-state index < -0.39 is 0 Å². The minimum absolute atomic E-state index is 0.139. The molecule has 0 spiro atoms. The fourth-order valence-corrected chi connectivity index (χ4v) is 4.48. The third kappa shape index (κ3) is 7.91. The zero-order valence-corrected chi connectivity index (χ0v) is 21.1. The largest absolute Gasteiger partial charge is 0.496 e. The minimum atomic E-state index is -0.142. The molecule has 5 heteroatoms. The van der Waals surface area contributed by atoms with E-state index in [0.717, 1.165) is 95.4 Å². The van der Waals surface area contributed by atoms with E-state index in [4.69, 9.17) is 14.2 Å². The summed E-state index contributed by atoms with van der Waals surface area (Å²) in [6.07, 6.45) is 9.15. The number of rotatable bonds is 15. The zero-order chi connectivity index (χ0) is 23.3. The van der Waals surface area contributed by atoms with Gasteiger partial charge in [0.05, 0.1) is 12.8 Å². The molecule has 1 aromatic rings. The monoisotopic (exact) mass is 451 g/mol. The van der Waals surface area contributed by atoms with Gasteiger partial charge in [0.25, 0.3) is 0 Å². The van der Waals surface area contributed by atoms with Crippen molar-refractivity contribution in [1.29, 1.82) is 0 Å². The van der Waals surface area contributed by atoms with Gasteiger partial charge in [-0.3, -0.25) is 0 Å². The highest BCUT2D eigenvalue weighted by molar-refractivity contribution is 5.55. The fourth-order valence-electron chi connectivity index (χ4n) is 4.48. The number of anilines is 1. The maximum atomic E-state index is 15.1. The van der Waals surface area contributed by atoms with Crippen LogP contribution < -0.4 is 9.64 Å². The summed E-state index contributed by atoms with van der Waals surface area (Å²) in [4.78, 5) is 2.16. The van der Waals surface area contributed by atoms with E-state index >= 15 is 4.39 Å². The van der Waals surface area contributed by atoms with Gasteiger partial charge in [0.1, 0.15) is 11.6 Å². The first kappa shape index (κ1) is 26.9. The molecule has 0 radical (unpaired) electrons. The fraction of sp³-hybridized carbons (Fsp3) is 0.778. The number of halogens is 1. The topological polar surface area (TPSA) is 30.9 Å². The Hall–Kier alpha value is -1.33. The van der Waals surface area contributed by atoms with Crippen molar-refractivity contribution in [2.24, 2.45) is 11.8 Å². The quantitative estimate of drug-likeness (QED) is 0.212. The lowest BCUT2D eigenvalue weighted by atomic mass is 9.93. The van der Waals surface area contributed by atoms with Crippen LogP contribution in [0.2, 0.25) is 0 Å². The van der Waals surface area contributed by atoms with E-state index in [2.05, 4.69) is 32.6 Å². The number of benzene rings is 1. The van der Waals surface area contributed by atoms with Crippen LogP contribution in [0.4, 0.5) is 10.1 Å². The van der Waals surface area contributed by atoms with Crippen molar-refractivity contribution in [2.45, 2.75) is 91.8 Å². The Bertz CT molecular complexity index is 632. The summed E-state index contributed by atoms with van der Waals surface area (Å²) in [5, 5.41) is 0. The average Bonchev–Trinajstić information content (AvgIpc) is 2.82. The van der Waals surface area contributed by atoms with Gasteiger partial charge in [-0.1, -0.05) is 53.4 Å². The van der Waals surface area contributed by atoms with E-state index in [1.807, 2.05) is 6.07 Å². The molecule has 0 saturated carbocycles. The Labute approximate surface area is 195 Å². The summed E-state index contributed by atoms with van der Waals surface area (Å²) in [7, 11) is 1.69. The Morgan fingerprint density at radius 3 is 2.06 bits per heavy atom. The summed E-state index contributed by atoms with van der Waals surface area (Å²) in [6.45, 7) is 11.8. The lowest BCUT2D eigenvalue weighted by molar-refractivity contribution is -0.177. The molecular weight excluding hydrogens is 405 g/mol. The molecule has 0 aliphatic carbocycles. The van der Waals surface area contributed by atoms with Gasteiger partial charge in [-0.2, -0.15) is 0 Å². The van der Waals surface area contributed by atoms with Gasteiger partial charge in [-0.25, -0.2) is 4.39 Å². The van der Waals surface area contributed by atoms with Gasteiger partial charge in [0, 0.05) is 38.3 Å². The molecule has 1 aliphatic heterocycles. The second-order valence-corrected chi connectivity index (χ2v) is 9.14. The first-order chi connectivity index (χ1) is 15.6. The molecule has 184 valence electrons. The van der Waals surface area contributed by atoms with Crippen molar-refractivity contribution in [3.8, 4) is 5.75 Å². The van der Waals surface area contributed by atoms with Crippen LogP contribution in [0.15, 0.2) is 12.1 Å². The highest BCUT2D eigenvalue weighted by Gasteiger charge is 2.29. The van der Waals surface area contributed by atoms with Crippen LogP contribution >= 0.6 is 0 Å². The predicted octanol–water partition coefficient (Wildman–Crippen LogP) is 6.99. The van der Waals surface area contributed by atoms with Crippen molar-refractivity contribution in [1.82, 2.24) is 0 Å². The summed E-state index contributed by atoms with van der Waals surface area (Å²) >= 11 is 0. The van der Waals surface area contributed by atoms with Crippen LogP contribution in [0, 0.1) is 17.7 Å². The molecule has 0 N–H and O–H groups in total. The maximum Gasteiger partial charge on any atom is 0.160 e. The van der Waals surface area contributed by atoms with Crippen LogP contribution in [0.5, 0.6) is 5.75 Å². The van der Waals surface area contributed by atoms with Crippen molar-refractivity contribution < 1.29 is 18.6 Å². The highest BCUT2D eigenvalue weighted by atomic mass is 19.1. The van der Waals surface area contributed by atoms with Gasteiger partial charge >= 0.3 is 0 Å². The maximum absolute atomic E-state index is 15.1. The lowest BCUT2D eigenvalue weighted by Crippen LogP contribution is -2.40. The number of hydrogen-bond donors (Lipinski definition) is 0. The number of nitrogens with zero attached hydrogens (tertiary/aromatic N) is 1. The highest BCUT2D eigenvalue weighted by Crippen LogP contribution is 2.34. The third-order valence-corrected chi connectivity index (χ3v) is 6.84. The Morgan fingerprint density at radius 2 is 1.56 bits per heavy atom. The molecule has 0 atom stereocenters. The van der Waals surface area contributed by atoms with Crippen LogP contribution in [0.1, 0.15) is 84.6 Å². The van der Waals surface area contributed by atoms with Gasteiger partial charge in [0.2, 0.25) is 0 Å². The molecule has 4 nitrogen and oxygen atoms in total. The van der Waals surface area contributed by atoms with Gasteiger partial charge in [-0.05, 0) is 49.7 Å². The molecule has 1 saturated heterocycles. The van der Waals surface area contributed by atoms with E-state index in [1.54, 1.807) is 13.2 Å². The molecule has 0 bridgehead atoms. The number of ether oxygens (including phenoxy) is 3. The number of hydrogen-bond acceptors (Lipinski definition) is 4. The normalized spacial score (nSPS) is 15.2. The van der Waals surface area contributed by atoms with E-state index in [1.165, 1.54) is 0 Å². The lowest BCUT2D eigenvalue weighted by Gasteiger charge is -2.37. The molecule has 0 amide bonds. The number of unbranched alkanes of at least 4 members (excludes halogenated alkanes) is 2.